The summed E-state index contributed by atoms with van der Waals surface area (Å²) in [6, 6.07) is 0. The van der Waals surface area contributed by atoms with Crippen LogP contribution in [0, 0.1) is 0 Å². The van der Waals surface area contributed by atoms with Crippen LogP contribution in [0.25, 0.3) is 0 Å². The first-order chi connectivity index (χ1) is 9.14. The van der Waals surface area contributed by atoms with E-state index < -0.39 is 30.7 Å². The number of aliphatic hydroxyl groups is 1. The second kappa shape index (κ2) is 8.11. The number of hydrogen-bond donors (Lipinski definition) is 1. The largest absolute Gasteiger partial charge is 0.382 e. The van der Waals surface area contributed by atoms with Crippen LogP contribution in [0.4, 0.5) is 0 Å². The van der Waals surface area contributed by atoms with Crippen LogP contribution in [0.1, 0.15) is 0 Å². The lowest BCUT2D eigenvalue weighted by Gasteiger charge is -2.45. The van der Waals surface area contributed by atoms with Gasteiger partial charge in [0.15, 0.2) is 6.29 Å². The first-order valence-electron chi connectivity index (χ1n) is 6.08. The van der Waals surface area contributed by atoms with Gasteiger partial charge in [-0.05, 0) is 0 Å². The van der Waals surface area contributed by atoms with E-state index in [1.807, 2.05) is 0 Å². The standard InChI is InChI=1S/C12H24O7/c1-14-6-7(15-2)8-9(16-3)10(17-4)11(18-5)12(13)19-8/h7-13H,6H2,1-5H3/t7-,8+,9+,10-,11+,12?/m0/s1. The highest BCUT2D eigenvalue weighted by atomic mass is 16.7. The van der Waals surface area contributed by atoms with Crippen molar-refractivity contribution in [2.45, 2.75) is 36.8 Å². The van der Waals surface area contributed by atoms with Gasteiger partial charge in [0.25, 0.3) is 0 Å². The van der Waals surface area contributed by atoms with Gasteiger partial charge in [-0.1, -0.05) is 0 Å². The third kappa shape index (κ3) is 3.63. The van der Waals surface area contributed by atoms with E-state index in [9.17, 15) is 5.11 Å². The summed E-state index contributed by atoms with van der Waals surface area (Å²) in [7, 11) is 7.70. The molecule has 1 unspecified atom stereocenters. The Morgan fingerprint density at radius 3 is 1.95 bits per heavy atom. The molecule has 0 bridgehead atoms. The Morgan fingerprint density at radius 1 is 0.947 bits per heavy atom. The molecule has 1 aliphatic rings. The van der Waals surface area contributed by atoms with Crippen LogP contribution in [0.3, 0.4) is 0 Å². The van der Waals surface area contributed by atoms with E-state index >= 15 is 0 Å². The highest BCUT2D eigenvalue weighted by Crippen LogP contribution is 2.28. The van der Waals surface area contributed by atoms with Crippen molar-refractivity contribution in [3.8, 4) is 0 Å². The van der Waals surface area contributed by atoms with Gasteiger partial charge < -0.3 is 33.5 Å². The zero-order chi connectivity index (χ0) is 14.4. The van der Waals surface area contributed by atoms with Crippen LogP contribution >= 0.6 is 0 Å². The zero-order valence-electron chi connectivity index (χ0n) is 12.1. The van der Waals surface area contributed by atoms with Crippen LogP contribution in [0.2, 0.25) is 0 Å². The lowest BCUT2D eigenvalue weighted by atomic mass is 9.95. The summed E-state index contributed by atoms with van der Waals surface area (Å²) >= 11 is 0. The van der Waals surface area contributed by atoms with Gasteiger partial charge in [0.1, 0.15) is 30.5 Å². The van der Waals surface area contributed by atoms with E-state index in [1.54, 1.807) is 21.3 Å². The lowest BCUT2D eigenvalue weighted by Crippen LogP contribution is -2.63. The fourth-order valence-electron chi connectivity index (χ4n) is 2.40. The lowest BCUT2D eigenvalue weighted by molar-refractivity contribution is -0.312. The summed E-state index contributed by atoms with van der Waals surface area (Å²) < 4.78 is 32.0. The molecule has 0 amide bonds. The van der Waals surface area contributed by atoms with Gasteiger partial charge in [-0.3, -0.25) is 0 Å². The minimum absolute atomic E-state index is 0.321. The van der Waals surface area contributed by atoms with E-state index in [0.717, 1.165) is 0 Å². The average Bonchev–Trinajstić information content (AvgIpc) is 2.43. The van der Waals surface area contributed by atoms with Gasteiger partial charge in [-0.25, -0.2) is 0 Å². The predicted octanol–water partition coefficient (Wildman–Crippen LogP) is -0.590. The minimum Gasteiger partial charge on any atom is -0.382 e. The molecular formula is C12H24O7. The maximum Gasteiger partial charge on any atom is 0.184 e. The molecule has 0 aliphatic carbocycles. The van der Waals surface area contributed by atoms with Crippen molar-refractivity contribution in [2.75, 3.05) is 42.2 Å². The van der Waals surface area contributed by atoms with E-state index in [4.69, 9.17) is 28.4 Å². The Bertz CT molecular complexity index is 250. The second-order valence-electron chi connectivity index (χ2n) is 4.32. The molecule has 0 spiro atoms. The number of rotatable bonds is 7. The summed E-state index contributed by atoms with van der Waals surface area (Å²) in [6.45, 7) is 0.321. The molecule has 0 radical (unpaired) electrons. The summed E-state index contributed by atoms with van der Waals surface area (Å²) in [5, 5.41) is 9.99. The Hall–Kier alpha value is -0.280. The van der Waals surface area contributed by atoms with Crippen molar-refractivity contribution in [2.24, 2.45) is 0 Å². The van der Waals surface area contributed by atoms with Gasteiger partial charge in [0, 0.05) is 35.5 Å². The fraction of sp³-hybridized carbons (Fsp3) is 1.00. The molecule has 1 heterocycles. The van der Waals surface area contributed by atoms with Crippen molar-refractivity contribution in [3.63, 3.8) is 0 Å². The smallest absolute Gasteiger partial charge is 0.184 e. The molecule has 7 heteroatoms. The minimum atomic E-state index is -1.11. The topological polar surface area (TPSA) is 75.6 Å². The fourth-order valence-corrected chi connectivity index (χ4v) is 2.40. The SMILES string of the molecule is COC[C@H](OC)[C@H]1OC(O)[C@H](OC)[C@@H](OC)[C@@H]1OC. The highest BCUT2D eigenvalue weighted by molar-refractivity contribution is 4.95. The van der Waals surface area contributed by atoms with Gasteiger partial charge in [-0.2, -0.15) is 0 Å². The van der Waals surface area contributed by atoms with Gasteiger partial charge >= 0.3 is 0 Å². The summed E-state index contributed by atoms with van der Waals surface area (Å²) in [5.74, 6) is 0. The van der Waals surface area contributed by atoms with Crippen molar-refractivity contribution in [1.82, 2.24) is 0 Å². The highest BCUT2D eigenvalue weighted by Gasteiger charge is 2.49. The molecule has 1 aliphatic heterocycles. The molecule has 1 N–H and O–H groups in total. The maximum atomic E-state index is 9.99. The molecule has 19 heavy (non-hydrogen) atoms. The molecule has 1 saturated heterocycles. The predicted molar refractivity (Wildman–Crippen MR) is 65.9 cm³/mol. The number of ether oxygens (including phenoxy) is 6. The Balaban J connectivity index is 2.91. The van der Waals surface area contributed by atoms with Crippen LogP contribution in [-0.2, 0) is 28.4 Å². The number of aliphatic hydroxyl groups excluding tert-OH is 1. The Labute approximate surface area is 113 Å². The molecule has 1 rings (SSSR count). The third-order valence-electron chi connectivity index (χ3n) is 3.37. The Kier molecular flexibility index (Phi) is 7.16. The van der Waals surface area contributed by atoms with E-state index in [-0.39, 0.29) is 6.10 Å². The molecule has 0 aromatic heterocycles. The second-order valence-corrected chi connectivity index (χ2v) is 4.32. The van der Waals surface area contributed by atoms with Crippen molar-refractivity contribution >= 4 is 0 Å². The van der Waals surface area contributed by atoms with E-state index in [0.29, 0.717) is 6.61 Å². The average molecular weight is 280 g/mol. The van der Waals surface area contributed by atoms with Gasteiger partial charge in [0.05, 0.1) is 6.61 Å². The molecule has 0 aromatic rings. The number of hydrogen-bond acceptors (Lipinski definition) is 7. The Morgan fingerprint density at radius 2 is 1.53 bits per heavy atom. The molecule has 7 nitrogen and oxygen atoms in total. The van der Waals surface area contributed by atoms with Crippen LogP contribution in [0.5, 0.6) is 0 Å². The molecule has 0 saturated carbocycles. The normalized spacial score (nSPS) is 37.3. The van der Waals surface area contributed by atoms with E-state index in [2.05, 4.69) is 0 Å². The molecule has 6 atom stereocenters. The monoisotopic (exact) mass is 280 g/mol. The summed E-state index contributed by atoms with van der Waals surface area (Å²) in [5.41, 5.74) is 0. The van der Waals surface area contributed by atoms with E-state index in [1.165, 1.54) is 14.2 Å². The molecular weight excluding hydrogens is 256 g/mol. The molecule has 0 aromatic carbocycles. The number of methoxy groups -OCH3 is 5. The maximum absolute atomic E-state index is 9.99. The third-order valence-corrected chi connectivity index (χ3v) is 3.37. The van der Waals surface area contributed by atoms with Crippen molar-refractivity contribution in [3.05, 3.63) is 0 Å². The molecule has 1 fully saturated rings. The molecule has 114 valence electrons. The summed E-state index contributed by atoms with van der Waals surface area (Å²) in [6.07, 6.45) is -3.51. The van der Waals surface area contributed by atoms with Crippen molar-refractivity contribution in [1.29, 1.82) is 0 Å². The zero-order valence-corrected chi connectivity index (χ0v) is 12.1. The first-order valence-corrected chi connectivity index (χ1v) is 6.08. The van der Waals surface area contributed by atoms with Crippen molar-refractivity contribution < 1.29 is 33.5 Å². The van der Waals surface area contributed by atoms with Crippen LogP contribution in [-0.4, -0.2) is 84.1 Å². The van der Waals surface area contributed by atoms with Crippen LogP contribution in [0.15, 0.2) is 0 Å². The quantitative estimate of drug-likeness (QED) is 0.668. The van der Waals surface area contributed by atoms with Crippen LogP contribution < -0.4 is 0 Å². The first kappa shape index (κ1) is 16.8. The summed E-state index contributed by atoms with van der Waals surface area (Å²) in [4.78, 5) is 0. The van der Waals surface area contributed by atoms with Gasteiger partial charge in [0.2, 0.25) is 0 Å². The van der Waals surface area contributed by atoms with Gasteiger partial charge in [-0.15, -0.1) is 0 Å².